The monoisotopic (exact) mass is 366 g/mol. The molecule has 2 aromatic heterocycles. The van der Waals surface area contributed by atoms with Crippen molar-refractivity contribution >= 4 is 17.0 Å². The molecule has 0 N–H and O–H groups in total. The average Bonchev–Trinajstić information content (AvgIpc) is 2.96. The van der Waals surface area contributed by atoms with Gasteiger partial charge in [-0.05, 0) is 56.0 Å². The first-order valence-corrected chi connectivity index (χ1v) is 9.73. The zero-order valence-corrected chi connectivity index (χ0v) is 17.1. The summed E-state index contributed by atoms with van der Waals surface area (Å²) in [5.41, 5.74) is 11.1. The molecule has 0 bridgehead atoms. The van der Waals surface area contributed by atoms with Crippen LogP contribution in [-0.2, 0) is 6.54 Å². The molecule has 4 rings (SSSR count). The third-order valence-corrected chi connectivity index (χ3v) is 5.80. The van der Waals surface area contributed by atoms with E-state index < -0.39 is 0 Å². The number of benzene rings is 2. The average molecular weight is 367 g/mol. The number of aryl methyl sites for hydroxylation is 3. The van der Waals surface area contributed by atoms with Gasteiger partial charge in [-0.1, -0.05) is 60.7 Å². The van der Waals surface area contributed by atoms with E-state index in [4.69, 9.17) is 4.98 Å². The number of hydrogen-bond acceptors (Lipinski definition) is 1. The second-order valence-electron chi connectivity index (χ2n) is 7.61. The molecular weight excluding hydrogens is 340 g/mol. The molecule has 0 aliphatic rings. The van der Waals surface area contributed by atoms with Gasteiger partial charge in [0.1, 0.15) is 0 Å². The van der Waals surface area contributed by atoms with Crippen LogP contribution in [0, 0.1) is 27.7 Å². The van der Waals surface area contributed by atoms with Gasteiger partial charge in [0, 0.05) is 29.4 Å². The van der Waals surface area contributed by atoms with E-state index in [-0.39, 0.29) is 0 Å². The van der Waals surface area contributed by atoms with E-state index in [9.17, 15) is 0 Å². The number of pyridine rings is 1. The Hall–Kier alpha value is -3.13. The second-order valence-corrected chi connectivity index (χ2v) is 7.61. The van der Waals surface area contributed by atoms with Crippen molar-refractivity contribution in [1.29, 1.82) is 0 Å². The lowest BCUT2D eigenvalue weighted by Crippen LogP contribution is -2.05. The summed E-state index contributed by atoms with van der Waals surface area (Å²) in [5.74, 6) is 0. The summed E-state index contributed by atoms with van der Waals surface area (Å²) in [6, 6.07) is 17.3. The van der Waals surface area contributed by atoms with Crippen molar-refractivity contribution in [2.24, 2.45) is 0 Å². The number of nitrogens with zero attached hydrogens (tertiary/aromatic N) is 2. The van der Waals surface area contributed by atoms with Gasteiger partial charge in [-0.2, -0.15) is 0 Å². The second kappa shape index (κ2) is 7.12. The molecule has 0 saturated heterocycles. The zero-order chi connectivity index (χ0) is 19.8. The van der Waals surface area contributed by atoms with Crippen LogP contribution in [0.15, 0.2) is 61.3 Å². The molecule has 2 heteroatoms. The fraction of sp³-hybridized carbons (Fsp3) is 0.192. The Balaban J connectivity index is 1.94. The Morgan fingerprint density at radius 2 is 1.71 bits per heavy atom. The molecule has 140 valence electrons. The molecule has 28 heavy (non-hydrogen) atoms. The summed E-state index contributed by atoms with van der Waals surface area (Å²) < 4.78 is 2.43. The zero-order valence-electron chi connectivity index (χ0n) is 17.1. The van der Waals surface area contributed by atoms with Crippen molar-refractivity contribution in [3.63, 3.8) is 0 Å². The predicted molar refractivity (Wildman–Crippen MR) is 120 cm³/mol. The maximum atomic E-state index is 4.78. The highest BCUT2D eigenvalue weighted by atomic mass is 15.0. The maximum Gasteiger partial charge on any atom is 0.0945 e. The van der Waals surface area contributed by atoms with Crippen LogP contribution in [0.3, 0.4) is 0 Å². The van der Waals surface area contributed by atoms with Crippen molar-refractivity contribution in [1.82, 2.24) is 9.55 Å². The molecule has 4 aromatic rings. The summed E-state index contributed by atoms with van der Waals surface area (Å²) in [6.07, 6.45) is 3.79. The van der Waals surface area contributed by atoms with E-state index in [1.165, 1.54) is 38.9 Å². The summed E-state index contributed by atoms with van der Waals surface area (Å²) in [6.45, 7) is 13.5. The molecular formula is C26H26N2. The van der Waals surface area contributed by atoms with Gasteiger partial charge >= 0.3 is 0 Å². The van der Waals surface area contributed by atoms with Crippen LogP contribution in [0.2, 0.25) is 0 Å². The predicted octanol–water partition coefficient (Wildman–Crippen LogP) is 6.63. The molecule has 0 amide bonds. The largest absolute Gasteiger partial charge is 0.338 e. The summed E-state index contributed by atoms with van der Waals surface area (Å²) >= 11 is 0. The van der Waals surface area contributed by atoms with E-state index >= 15 is 0 Å². The van der Waals surface area contributed by atoms with E-state index in [2.05, 4.69) is 87.4 Å². The van der Waals surface area contributed by atoms with Gasteiger partial charge in [0.25, 0.3) is 0 Å². The number of fused-ring (bicyclic) bond motifs is 1. The Kier molecular flexibility index (Phi) is 4.64. The fourth-order valence-electron chi connectivity index (χ4n) is 3.92. The molecule has 0 saturated carbocycles. The molecule has 2 nitrogen and oxygen atoms in total. The van der Waals surface area contributed by atoms with Gasteiger partial charge in [-0.3, -0.25) is 4.98 Å². The van der Waals surface area contributed by atoms with Crippen LogP contribution < -0.4 is 0 Å². The summed E-state index contributed by atoms with van der Waals surface area (Å²) in [4.78, 5) is 4.78. The summed E-state index contributed by atoms with van der Waals surface area (Å²) in [5, 5.41) is 1.28. The molecule has 0 aliphatic carbocycles. The first-order valence-electron chi connectivity index (χ1n) is 9.73. The smallest absolute Gasteiger partial charge is 0.0945 e. The third kappa shape index (κ3) is 3.05. The maximum absolute atomic E-state index is 4.78. The van der Waals surface area contributed by atoms with Crippen LogP contribution in [-0.4, -0.2) is 9.55 Å². The Labute approximate surface area is 167 Å². The van der Waals surface area contributed by atoms with E-state index in [0.717, 1.165) is 23.4 Å². The van der Waals surface area contributed by atoms with Crippen LogP contribution in [0.1, 0.15) is 33.5 Å². The SMILES string of the molecule is C=Cc1ccc(-c2nccc3c(C)c(C)n(Cc4cc(C)ccc4C)c23)cc1. The molecule has 0 atom stereocenters. The first kappa shape index (κ1) is 18.2. The van der Waals surface area contributed by atoms with Gasteiger partial charge in [0.2, 0.25) is 0 Å². The van der Waals surface area contributed by atoms with Crippen LogP contribution in [0.4, 0.5) is 0 Å². The van der Waals surface area contributed by atoms with Crippen LogP contribution in [0.5, 0.6) is 0 Å². The van der Waals surface area contributed by atoms with Gasteiger partial charge in [-0.15, -0.1) is 0 Å². The molecule has 0 aliphatic heterocycles. The molecule has 0 radical (unpaired) electrons. The molecule has 0 fully saturated rings. The molecule has 0 unspecified atom stereocenters. The van der Waals surface area contributed by atoms with E-state index in [0.29, 0.717) is 0 Å². The van der Waals surface area contributed by atoms with Crippen LogP contribution >= 0.6 is 0 Å². The van der Waals surface area contributed by atoms with Crippen molar-refractivity contribution in [2.75, 3.05) is 0 Å². The topological polar surface area (TPSA) is 17.8 Å². The minimum Gasteiger partial charge on any atom is -0.338 e. The highest BCUT2D eigenvalue weighted by molar-refractivity contribution is 5.95. The van der Waals surface area contributed by atoms with Crippen molar-refractivity contribution in [3.8, 4) is 11.3 Å². The van der Waals surface area contributed by atoms with Gasteiger partial charge in [0.15, 0.2) is 0 Å². The highest BCUT2D eigenvalue weighted by Crippen LogP contribution is 2.33. The fourth-order valence-corrected chi connectivity index (χ4v) is 3.92. The van der Waals surface area contributed by atoms with Gasteiger partial charge < -0.3 is 4.57 Å². The van der Waals surface area contributed by atoms with Gasteiger partial charge in [-0.25, -0.2) is 0 Å². The summed E-state index contributed by atoms with van der Waals surface area (Å²) in [7, 11) is 0. The number of aromatic nitrogens is 2. The van der Waals surface area contributed by atoms with Crippen LogP contribution in [0.25, 0.3) is 28.2 Å². The minimum absolute atomic E-state index is 0.854. The standard InChI is InChI=1S/C26H26N2/c1-6-21-9-11-22(12-10-21)25-26-24(13-14-27-25)19(4)20(5)28(26)16-23-15-17(2)7-8-18(23)3/h6-15H,1,16H2,2-5H3. The normalized spacial score (nSPS) is 11.1. The quantitative estimate of drug-likeness (QED) is 0.396. The van der Waals surface area contributed by atoms with Gasteiger partial charge in [0.05, 0.1) is 11.2 Å². The minimum atomic E-state index is 0.854. The molecule has 0 spiro atoms. The lowest BCUT2D eigenvalue weighted by molar-refractivity contribution is 0.794. The first-order chi connectivity index (χ1) is 13.5. The van der Waals surface area contributed by atoms with E-state index in [1.54, 1.807) is 0 Å². The molecule has 2 aromatic carbocycles. The van der Waals surface area contributed by atoms with Crippen molar-refractivity contribution in [3.05, 3.63) is 94.8 Å². The lowest BCUT2D eigenvalue weighted by Gasteiger charge is -2.14. The highest BCUT2D eigenvalue weighted by Gasteiger charge is 2.17. The molecule has 2 heterocycles. The van der Waals surface area contributed by atoms with Crippen molar-refractivity contribution < 1.29 is 0 Å². The Morgan fingerprint density at radius 3 is 2.43 bits per heavy atom. The third-order valence-electron chi connectivity index (χ3n) is 5.80. The lowest BCUT2D eigenvalue weighted by atomic mass is 10.0. The number of rotatable bonds is 4. The van der Waals surface area contributed by atoms with Crippen molar-refractivity contribution in [2.45, 2.75) is 34.2 Å². The van der Waals surface area contributed by atoms with E-state index in [1.807, 2.05) is 12.3 Å². The Bertz CT molecular complexity index is 1180. The Morgan fingerprint density at radius 1 is 0.964 bits per heavy atom. The number of hydrogen-bond donors (Lipinski definition) is 0.